The molecule has 0 spiro atoms. The van der Waals surface area contributed by atoms with Crippen LogP contribution >= 0.6 is 11.8 Å². The summed E-state index contributed by atoms with van der Waals surface area (Å²) in [4.78, 5) is 19.9. The van der Waals surface area contributed by atoms with E-state index in [1.807, 2.05) is 0 Å². The number of nitrogens with zero attached hydrogens (tertiary/aromatic N) is 2. The Labute approximate surface area is 164 Å². The van der Waals surface area contributed by atoms with Crippen LogP contribution in [0.4, 0.5) is 5.82 Å². The molecule has 4 rings (SSSR count). The number of benzene rings is 1. The molecule has 0 unspecified atom stereocenters. The van der Waals surface area contributed by atoms with Gasteiger partial charge in [-0.25, -0.2) is 4.98 Å². The quantitative estimate of drug-likeness (QED) is 0.795. The number of aryl methyl sites for hydroxylation is 1. The maximum absolute atomic E-state index is 11.4. The molecule has 2 aromatic rings. The predicted octanol–water partition coefficient (Wildman–Crippen LogP) is 2.98. The monoisotopic (exact) mass is 385 g/mol. The maximum Gasteiger partial charge on any atom is 0.217 e. The van der Waals surface area contributed by atoms with E-state index in [-0.39, 0.29) is 11.9 Å². The number of thioether (sulfide) groups is 1. The van der Waals surface area contributed by atoms with Crippen molar-refractivity contribution in [3.8, 4) is 0 Å². The zero-order valence-electron chi connectivity index (χ0n) is 16.1. The fourth-order valence-corrected chi connectivity index (χ4v) is 5.12. The van der Waals surface area contributed by atoms with E-state index in [9.17, 15) is 9.90 Å². The summed E-state index contributed by atoms with van der Waals surface area (Å²) >= 11 is 1.73. The molecule has 1 saturated carbocycles. The molecule has 144 valence electrons. The van der Waals surface area contributed by atoms with Crippen LogP contribution < -0.4 is 10.2 Å². The van der Waals surface area contributed by atoms with Crippen LogP contribution in [0.5, 0.6) is 0 Å². The Morgan fingerprint density at radius 3 is 2.70 bits per heavy atom. The van der Waals surface area contributed by atoms with E-state index in [1.165, 1.54) is 22.8 Å². The van der Waals surface area contributed by atoms with Crippen molar-refractivity contribution < 1.29 is 9.90 Å². The van der Waals surface area contributed by atoms with Crippen molar-refractivity contribution in [2.75, 3.05) is 24.2 Å². The summed E-state index contributed by atoms with van der Waals surface area (Å²) in [6.07, 6.45) is 3.21. The Morgan fingerprint density at radius 2 is 2.00 bits per heavy atom. The number of hydrogen-bond acceptors (Lipinski definition) is 5. The van der Waals surface area contributed by atoms with Gasteiger partial charge in [0.1, 0.15) is 5.82 Å². The Kier molecular flexibility index (Phi) is 5.03. The molecule has 2 heterocycles. The normalized spacial score (nSPS) is 27.6. The van der Waals surface area contributed by atoms with E-state index in [1.54, 1.807) is 11.8 Å². The number of carbonyl (C=O) groups excluding carboxylic acids is 1. The molecular weight excluding hydrogens is 358 g/mol. The van der Waals surface area contributed by atoms with Crippen molar-refractivity contribution in [1.82, 2.24) is 10.3 Å². The summed E-state index contributed by atoms with van der Waals surface area (Å²) in [5, 5.41) is 14.5. The summed E-state index contributed by atoms with van der Waals surface area (Å²) in [6, 6.07) is 8.52. The first-order chi connectivity index (χ1) is 12.9. The fraction of sp³-hybridized carbons (Fsp3) is 0.524. The Hall–Kier alpha value is -1.79. The van der Waals surface area contributed by atoms with Crippen molar-refractivity contribution >= 4 is 34.4 Å². The molecule has 4 atom stereocenters. The molecule has 1 aromatic carbocycles. The predicted molar refractivity (Wildman–Crippen MR) is 110 cm³/mol. The topological polar surface area (TPSA) is 65.5 Å². The summed E-state index contributed by atoms with van der Waals surface area (Å²) < 4.78 is 0. The highest BCUT2D eigenvalue weighted by Crippen LogP contribution is 2.39. The first-order valence-corrected chi connectivity index (χ1v) is 10.8. The molecule has 1 saturated heterocycles. The van der Waals surface area contributed by atoms with Gasteiger partial charge in [-0.3, -0.25) is 4.79 Å². The lowest BCUT2D eigenvalue weighted by atomic mass is 9.77. The van der Waals surface area contributed by atoms with Gasteiger partial charge in [0.05, 0.1) is 17.7 Å². The number of rotatable bonds is 3. The highest BCUT2D eigenvalue weighted by molar-refractivity contribution is 7.98. The minimum absolute atomic E-state index is 0.0660. The molecule has 1 aliphatic carbocycles. The number of aliphatic hydroxyl groups is 1. The number of fused-ring (bicyclic) bond motifs is 2. The van der Waals surface area contributed by atoms with Crippen LogP contribution in [0.2, 0.25) is 0 Å². The van der Waals surface area contributed by atoms with Gasteiger partial charge in [0.15, 0.2) is 0 Å². The Balaban J connectivity index is 1.57. The second-order valence-corrected chi connectivity index (χ2v) is 8.83. The van der Waals surface area contributed by atoms with E-state index in [0.29, 0.717) is 11.8 Å². The van der Waals surface area contributed by atoms with E-state index in [2.05, 4.69) is 47.7 Å². The number of anilines is 1. The molecule has 1 aliphatic heterocycles. The van der Waals surface area contributed by atoms with Gasteiger partial charge in [-0.2, -0.15) is 0 Å². The molecule has 2 N–H and O–H groups in total. The van der Waals surface area contributed by atoms with Crippen LogP contribution in [-0.2, 0) is 4.79 Å². The van der Waals surface area contributed by atoms with Gasteiger partial charge in [0.2, 0.25) is 5.91 Å². The van der Waals surface area contributed by atoms with Gasteiger partial charge in [0.25, 0.3) is 0 Å². The largest absolute Gasteiger partial charge is 0.391 e. The highest BCUT2D eigenvalue weighted by Gasteiger charge is 2.42. The molecule has 5 nitrogen and oxygen atoms in total. The van der Waals surface area contributed by atoms with Crippen molar-refractivity contribution in [2.24, 2.45) is 11.8 Å². The zero-order chi connectivity index (χ0) is 19.1. The molecular formula is C21H27N3O2S. The van der Waals surface area contributed by atoms with Crippen molar-refractivity contribution in [1.29, 1.82) is 0 Å². The van der Waals surface area contributed by atoms with Crippen molar-refractivity contribution in [3.63, 3.8) is 0 Å². The number of aliphatic hydroxyl groups excluding tert-OH is 1. The van der Waals surface area contributed by atoms with Gasteiger partial charge in [-0.05, 0) is 61.6 Å². The molecule has 2 aliphatic rings. The van der Waals surface area contributed by atoms with Gasteiger partial charge in [-0.1, -0.05) is 6.07 Å². The SMILES string of the molecule is CSc1ccc2c(C)cc(N3C[C@H]4C[C@@H](NC(C)=O)[C@H](O)C[C@H]4C3)nc2c1. The molecule has 1 amide bonds. The maximum atomic E-state index is 11.4. The van der Waals surface area contributed by atoms with E-state index in [0.717, 1.165) is 37.3 Å². The molecule has 0 radical (unpaired) electrons. The Bertz CT molecular complexity index is 872. The van der Waals surface area contributed by atoms with Gasteiger partial charge in [0, 0.05) is 30.3 Å². The van der Waals surface area contributed by atoms with Crippen molar-refractivity contribution in [2.45, 2.75) is 43.7 Å². The number of carbonyl (C=O) groups is 1. The third-order valence-corrected chi connectivity index (χ3v) is 6.79. The summed E-state index contributed by atoms with van der Waals surface area (Å²) in [7, 11) is 0. The number of aromatic nitrogens is 1. The lowest BCUT2D eigenvalue weighted by Crippen LogP contribution is -2.48. The number of hydrogen-bond donors (Lipinski definition) is 2. The standard InChI is InChI=1S/C21H27N3O2S/c1-12-6-21(23-18-9-16(27-3)4-5-17(12)18)24-10-14-7-19(22-13(2)25)20(26)8-15(14)11-24/h4-6,9,14-15,19-20,26H,7-8,10-11H2,1-3H3,(H,22,25)/t14-,15+,19-,20-/m1/s1. The van der Waals surface area contributed by atoms with Gasteiger partial charge >= 0.3 is 0 Å². The Morgan fingerprint density at radius 1 is 1.26 bits per heavy atom. The third kappa shape index (κ3) is 3.65. The summed E-state index contributed by atoms with van der Waals surface area (Å²) in [5.74, 6) is 1.91. The van der Waals surface area contributed by atoms with Crippen LogP contribution in [0.25, 0.3) is 10.9 Å². The zero-order valence-corrected chi connectivity index (χ0v) is 16.9. The first kappa shape index (κ1) is 18.6. The van der Waals surface area contributed by atoms with E-state index >= 15 is 0 Å². The first-order valence-electron chi connectivity index (χ1n) is 9.60. The van der Waals surface area contributed by atoms with Crippen LogP contribution in [0.15, 0.2) is 29.2 Å². The highest BCUT2D eigenvalue weighted by atomic mass is 32.2. The van der Waals surface area contributed by atoms with Crippen LogP contribution in [-0.4, -0.2) is 47.5 Å². The van der Waals surface area contributed by atoms with Crippen LogP contribution in [0.1, 0.15) is 25.3 Å². The minimum atomic E-state index is -0.453. The molecule has 6 heteroatoms. The molecule has 0 bridgehead atoms. The smallest absolute Gasteiger partial charge is 0.217 e. The lowest BCUT2D eigenvalue weighted by molar-refractivity contribution is -0.121. The number of amides is 1. The second-order valence-electron chi connectivity index (χ2n) is 7.95. The third-order valence-electron chi connectivity index (χ3n) is 6.06. The molecule has 1 aromatic heterocycles. The number of nitrogens with one attached hydrogen (secondary N) is 1. The second kappa shape index (κ2) is 7.32. The molecule has 2 fully saturated rings. The fourth-order valence-electron chi connectivity index (χ4n) is 4.69. The minimum Gasteiger partial charge on any atom is -0.391 e. The average molecular weight is 386 g/mol. The van der Waals surface area contributed by atoms with Crippen LogP contribution in [0, 0.1) is 18.8 Å². The summed E-state index contributed by atoms with van der Waals surface area (Å²) in [6.45, 7) is 5.53. The van der Waals surface area contributed by atoms with E-state index in [4.69, 9.17) is 4.98 Å². The van der Waals surface area contributed by atoms with Crippen molar-refractivity contribution in [3.05, 3.63) is 29.8 Å². The van der Waals surface area contributed by atoms with Gasteiger partial charge < -0.3 is 15.3 Å². The van der Waals surface area contributed by atoms with Crippen LogP contribution in [0.3, 0.4) is 0 Å². The van der Waals surface area contributed by atoms with Gasteiger partial charge in [-0.15, -0.1) is 11.8 Å². The van der Waals surface area contributed by atoms with E-state index < -0.39 is 6.10 Å². The lowest BCUT2D eigenvalue weighted by Gasteiger charge is -2.35. The summed E-state index contributed by atoms with van der Waals surface area (Å²) in [5.41, 5.74) is 2.29. The number of pyridine rings is 1. The molecule has 27 heavy (non-hydrogen) atoms. The average Bonchev–Trinajstić information content (AvgIpc) is 3.03.